The molecule has 1 atom stereocenters. The van der Waals surface area contributed by atoms with Crippen molar-refractivity contribution in [3.05, 3.63) is 12.2 Å². The molecule has 14 heavy (non-hydrogen) atoms. The van der Waals surface area contributed by atoms with Crippen LogP contribution in [0.4, 0.5) is 0 Å². The molecule has 0 radical (unpaired) electrons. The van der Waals surface area contributed by atoms with Crippen molar-refractivity contribution < 1.29 is 4.74 Å². The fourth-order valence-electron chi connectivity index (χ4n) is 1.51. The van der Waals surface area contributed by atoms with E-state index < -0.39 is 0 Å². The van der Waals surface area contributed by atoms with E-state index >= 15 is 0 Å². The van der Waals surface area contributed by atoms with Crippen LogP contribution in [-0.4, -0.2) is 13.2 Å². The summed E-state index contributed by atoms with van der Waals surface area (Å²) in [6.07, 6.45) is 14.1. The molecule has 0 aromatic carbocycles. The van der Waals surface area contributed by atoms with Crippen LogP contribution in [0.25, 0.3) is 0 Å². The van der Waals surface area contributed by atoms with E-state index in [0.717, 1.165) is 0 Å². The van der Waals surface area contributed by atoms with E-state index in [9.17, 15) is 0 Å². The average molecular weight is 198 g/mol. The maximum absolute atomic E-state index is 5.20. The maximum Gasteiger partial charge on any atom is 0.0543 e. The molecule has 0 aromatic rings. The van der Waals surface area contributed by atoms with Gasteiger partial charge in [-0.2, -0.15) is 0 Å². The van der Waals surface area contributed by atoms with Crippen LogP contribution in [0.15, 0.2) is 12.2 Å². The van der Waals surface area contributed by atoms with Gasteiger partial charge in [-0.05, 0) is 33.1 Å². The normalized spacial score (nSPS) is 13.6. The quantitative estimate of drug-likeness (QED) is 0.396. The summed E-state index contributed by atoms with van der Waals surface area (Å²) in [7, 11) is 1.79. The Morgan fingerprint density at radius 1 is 1.07 bits per heavy atom. The van der Waals surface area contributed by atoms with Crippen molar-refractivity contribution in [1.29, 1.82) is 0 Å². The summed E-state index contributed by atoms with van der Waals surface area (Å²) < 4.78 is 5.20. The minimum absolute atomic E-state index is 0.443. The molecule has 0 bridgehead atoms. The highest BCUT2D eigenvalue weighted by Crippen LogP contribution is 2.09. The van der Waals surface area contributed by atoms with Gasteiger partial charge in [-0.1, -0.05) is 37.8 Å². The summed E-state index contributed by atoms with van der Waals surface area (Å²) in [5.74, 6) is 0. The van der Waals surface area contributed by atoms with Gasteiger partial charge in [0, 0.05) is 7.11 Å². The van der Waals surface area contributed by atoms with Crippen molar-refractivity contribution in [3.8, 4) is 0 Å². The molecule has 0 aromatic heterocycles. The topological polar surface area (TPSA) is 9.23 Å². The van der Waals surface area contributed by atoms with E-state index in [4.69, 9.17) is 4.74 Å². The molecule has 0 aliphatic rings. The molecule has 0 rings (SSSR count). The van der Waals surface area contributed by atoms with E-state index in [-0.39, 0.29) is 0 Å². The van der Waals surface area contributed by atoms with Crippen molar-refractivity contribution in [2.45, 2.75) is 64.9 Å². The minimum Gasteiger partial charge on any atom is -0.382 e. The predicted octanol–water partition coefficient (Wildman–Crippen LogP) is 4.33. The van der Waals surface area contributed by atoms with Gasteiger partial charge < -0.3 is 4.74 Å². The highest BCUT2D eigenvalue weighted by molar-refractivity contribution is 4.76. The Hall–Kier alpha value is -0.300. The Kier molecular flexibility index (Phi) is 10.5. The van der Waals surface area contributed by atoms with Crippen molar-refractivity contribution in [2.75, 3.05) is 7.11 Å². The van der Waals surface area contributed by atoms with Crippen molar-refractivity contribution in [1.82, 2.24) is 0 Å². The van der Waals surface area contributed by atoms with Crippen LogP contribution in [0.3, 0.4) is 0 Å². The van der Waals surface area contributed by atoms with Gasteiger partial charge in [0.25, 0.3) is 0 Å². The number of allylic oxidation sites excluding steroid dienone is 2. The smallest absolute Gasteiger partial charge is 0.0543 e. The monoisotopic (exact) mass is 198 g/mol. The second-order valence-corrected chi connectivity index (χ2v) is 3.96. The summed E-state index contributed by atoms with van der Waals surface area (Å²) in [5.41, 5.74) is 0. The Morgan fingerprint density at radius 3 is 2.36 bits per heavy atom. The lowest BCUT2D eigenvalue weighted by atomic mass is 10.1. The lowest BCUT2D eigenvalue weighted by Gasteiger charge is -2.08. The highest BCUT2D eigenvalue weighted by atomic mass is 16.5. The van der Waals surface area contributed by atoms with Crippen LogP contribution in [0.1, 0.15) is 58.8 Å². The van der Waals surface area contributed by atoms with Gasteiger partial charge in [-0.15, -0.1) is 0 Å². The number of methoxy groups -OCH3 is 1. The zero-order chi connectivity index (χ0) is 10.6. The van der Waals surface area contributed by atoms with Crippen molar-refractivity contribution in [2.24, 2.45) is 0 Å². The van der Waals surface area contributed by atoms with E-state index in [2.05, 4.69) is 26.0 Å². The molecule has 0 fully saturated rings. The van der Waals surface area contributed by atoms with Crippen LogP contribution in [-0.2, 0) is 4.74 Å². The maximum atomic E-state index is 5.20. The summed E-state index contributed by atoms with van der Waals surface area (Å²) in [4.78, 5) is 0. The first-order chi connectivity index (χ1) is 6.81. The Morgan fingerprint density at radius 2 is 1.71 bits per heavy atom. The van der Waals surface area contributed by atoms with Crippen LogP contribution in [0, 0.1) is 0 Å². The first kappa shape index (κ1) is 13.7. The van der Waals surface area contributed by atoms with Gasteiger partial charge in [0.2, 0.25) is 0 Å². The van der Waals surface area contributed by atoms with Crippen LogP contribution >= 0.6 is 0 Å². The van der Waals surface area contributed by atoms with E-state index in [1.807, 2.05) is 0 Å². The Bertz CT molecular complexity index is 129. The molecular weight excluding hydrogens is 172 g/mol. The second kappa shape index (κ2) is 10.8. The van der Waals surface area contributed by atoms with Crippen molar-refractivity contribution in [3.63, 3.8) is 0 Å². The van der Waals surface area contributed by atoms with E-state index in [1.165, 1.54) is 44.9 Å². The lowest BCUT2D eigenvalue weighted by Crippen LogP contribution is -2.03. The van der Waals surface area contributed by atoms with Gasteiger partial charge in [0.05, 0.1) is 6.10 Å². The van der Waals surface area contributed by atoms with E-state index in [1.54, 1.807) is 7.11 Å². The standard InChI is InChI=1S/C13H26O/c1-4-5-6-7-8-9-10-11-12-13(2)14-3/h4-5,13H,6-12H2,1-3H3. The third kappa shape index (κ3) is 9.79. The fraction of sp³-hybridized carbons (Fsp3) is 0.846. The van der Waals surface area contributed by atoms with E-state index in [0.29, 0.717) is 6.10 Å². The molecule has 0 aliphatic heterocycles. The largest absolute Gasteiger partial charge is 0.382 e. The van der Waals surface area contributed by atoms with Crippen LogP contribution in [0.2, 0.25) is 0 Å². The molecule has 0 N–H and O–H groups in total. The molecule has 1 heteroatoms. The predicted molar refractivity (Wildman–Crippen MR) is 63.6 cm³/mol. The minimum atomic E-state index is 0.443. The molecule has 0 aliphatic carbocycles. The highest BCUT2D eigenvalue weighted by Gasteiger charge is 1.97. The zero-order valence-corrected chi connectivity index (χ0v) is 10.1. The second-order valence-electron chi connectivity index (χ2n) is 3.96. The van der Waals surface area contributed by atoms with Gasteiger partial charge in [0.15, 0.2) is 0 Å². The Balaban J connectivity index is 2.99. The molecule has 0 amide bonds. The van der Waals surface area contributed by atoms with Crippen molar-refractivity contribution >= 4 is 0 Å². The summed E-state index contributed by atoms with van der Waals surface area (Å²) in [6, 6.07) is 0. The van der Waals surface area contributed by atoms with Crippen LogP contribution < -0.4 is 0 Å². The molecule has 0 saturated carbocycles. The zero-order valence-electron chi connectivity index (χ0n) is 10.1. The summed E-state index contributed by atoms with van der Waals surface area (Å²) in [6.45, 7) is 4.23. The third-order valence-corrected chi connectivity index (χ3v) is 2.62. The SMILES string of the molecule is CC=CCCCCCCCC(C)OC. The number of ether oxygens (including phenoxy) is 1. The lowest BCUT2D eigenvalue weighted by molar-refractivity contribution is 0.108. The molecule has 84 valence electrons. The number of unbranched alkanes of at least 4 members (excludes halogenated alkanes) is 5. The average Bonchev–Trinajstić information content (AvgIpc) is 2.21. The van der Waals surface area contributed by atoms with Gasteiger partial charge >= 0.3 is 0 Å². The molecule has 1 unspecified atom stereocenters. The first-order valence-corrected chi connectivity index (χ1v) is 5.95. The summed E-state index contributed by atoms with van der Waals surface area (Å²) in [5, 5.41) is 0. The molecule has 0 saturated heterocycles. The number of rotatable bonds is 9. The van der Waals surface area contributed by atoms with Gasteiger partial charge in [0.1, 0.15) is 0 Å². The molecule has 1 nitrogen and oxygen atoms in total. The number of hydrogen-bond acceptors (Lipinski definition) is 1. The third-order valence-electron chi connectivity index (χ3n) is 2.62. The van der Waals surface area contributed by atoms with Crippen LogP contribution in [0.5, 0.6) is 0 Å². The summed E-state index contributed by atoms with van der Waals surface area (Å²) >= 11 is 0. The Labute approximate surface area is 89.5 Å². The van der Waals surface area contributed by atoms with Gasteiger partial charge in [-0.3, -0.25) is 0 Å². The molecule has 0 spiro atoms. The molecular formula is C13H26O. The molecule has 0 heterocycles. The number of hydrogen-bond donors (Lipinski definition) is 0. The van der Waals surface area contributed by atoms with Gasteiger partial charge in [-0.25, -0.2) is 0 Å². The fourth-order valence-corrected chi connectivity index (χ4v) is 1.51. The first-order valence-electron chi connectivity index (χ1n) is 5.95.